The molecule has 0 N–H and O–H groups in total. The molecule has 1 saturated carbocycles. The summed E-state index contributed by atoms with van der Waals surface area (Å²) < 4.78 is 0. The first-order valence-electron chi connectivity index (χ1n) is 9.57. The Hall–Kier alpha value is -1.16. The molecule has 4 rings (SSSR count). The molecule has 0 amide bonds. The lowest BCUT2D eigenvalue weighted by Gasteiger charge is -2.43. The highest BCUT2D eigenvalue weighted by Crippen LogP contribution is 2.36. The standard InChI is InChI=1S/C19H30N4/c1-14(2)22-12-16-8-9-17(13-22)23(16)18-10-11-20-19(21-18)15-6-4-3-5-7-15/h10-11,14-17H,3-9,12-13H2,1-2H3. The number of nitrogens with zero attached hydrogens (tertiary/aromatic N) is 4. The second-order valence-corrected chi connectivity index (χ2v) is 7.95. The van der Waals surface area contributed by atoms with E-state index in [-0.39, 0.29) is 0 Å². The molecule has 0 spiro atoms. The van der Waals surface area contributed by atoms with Crippen LogP contribution in [0.15, 0.2) is 12.3 Å². The number of rotatable bonds is 3. The van der Waals surface area contributed by atoms with Crippen molar-refractivity contribution in [3.63, 3.8) is 0 Å². The maximum Gasteiger partial charge on any atom is 0.133 e. The van der Waals surface area contributed by atoms with E-state index in [2.05, 4.69) is 34.7 Å². The van der Waals surface area contributed by atoms with Crippen molar-refractivity contribution >= 4 is 5.82 Å². The fourth-order valence-electron chi connectivity index (χ4n) is 4.80. The van der Waals surface area contributed by atoms with Gasteiger partial charge < -0.3 is 4.90 Å². The van der Waals surface area contributed by atoms with E-state index < -0.39 is 0 Å². The van der Waals surface area contributed by atoms with Crippen LogP contribution in [-0.4, -0.2) is 46.1 Å². The van der Waals surface area contributed by atoms with Crippen molar-refractivity contribution in [3.05, 3.63) is 18.1 Å². The molecule has 2 aliphatic heterocycles. The number of aromatic nitrogens is 2. The molecule has 0 radical (unpaired) electrons. The van der Waals surface area contributed by atoms with E-state index >= 15 is 0 Å². The predicted molar refractivity (Wildman–Crippen MR) is 93.9 cm³/mol. The van der Waals surface area contributed by atoms with Crippen LogP contribution in [0.5, 0.6) is 0 Å². The van der Waals surface area contributed by atoms with Crippen molar-refractivity contribution in [1.29, 1.82) is 0 Å². The van der Waals surface area contributed by atoms with Crippen LogP contribution in [0.4, 0.5) is 5.82 Å². The molecule has 4 heteroatoms. The van der Waals surface area contributed by atoms with Gasteiger partial charge in [-0.2, -0.15) is 0 Å². The summed E-state index contributed by atoms with van der Waals surface area (Å²) in [7, 11) is 0. The Balaban J connectivity index is 1.54. The van der Waals surface area contributed by atoms with E-state index in [1.54, 1.807) is 0 Å². The van der Waals surface area contributed by atoms with Crippen LogP contribution in [0.25, 0.3) is 0 Å². The summed E-state index contributed by atoms with van der Waals surface area (Å²) in [5.74, 6) is 2.89. The molecule has 4 nitrogen and oxygen atoms in total. The average Bonchev–Trinajstić information content (AvgIpc) is 2.85. The minimum atomic E-state index is 0.596. The lowest BCUT2D eigenvalue weighted by Crippen LogP contribution is -2.55. The summed E-state index contributed by atoms with van der Waals surface area (Å²) in [6.07, 6.45) is 11.3. The van der Waals surface area contributed by atoms with E-state index in [4.69, 9.17) is 4.98 Å². The van der Waals surface area contributed by atoms with Crippen LogP contribution in [0.1, 0.15) is 70.5 Å². The molecule has 2 unspecified atom stereocenters. The molecular formula is C19H30N4. The highest BCUT2D eigenvalue weighted by molar-refractivity contribution is 5.44. The first-order valence-corrected chi connectivity index (χ1v) is 9.57. The van der Waals surface area contributed by atoms with Gasteiger partial charge in [0.05, 0.1) is 0 Å². The summed E-state index contributed by atoms with van der Waals surface area (Å²) in [5.41, 5.74) is 0. The molecule has 23 heavy (non-hydrogen) atoms. The van der Waals surface area contributed by atoms with E-state index in [9.17, 15) is 0 Å². The molecule has 1 aliphatic carbocycles. The zero-order valence-electron chi connectivity index (χ0n) is 14.6. The number of anilines is 1. The van der Waals surface area contributed by atoms with Crippen LogP contribution >= 0.6 is 0 Å². The van der Waals surface area contributed by atoms with Crippen molar-refractivity contribution in [1.82, 2.24) is 14.9 Å². The summed E-state index contributed by atoms with van der Waals surface area (Å²) in [6, 6.07) is 4.09. The smallest absolute Gasteiger partial charge is 0.133 e. The molecule has 2 bridgehead atoms. The zero-order chi connectivity index (χ0) is 15.8. The molecule has 0 aromatic carbocycles. The largest absolute Gasteiger partial charge is 0.348 e. The van der Waals surface area contributed by atoms with E-state index in [1.807, 2.05) is 6.20 Å². The van der Waals surface area contributed by atoms with Gasteiger partial charge in [0.2, 0.25) is 0 Å². The zero-order valence-corrected chi connectivity index (χ0v) is 14.6. The molecule has 3 heterocycles. The van der Waals surface area contributed by atoms with Crippen molar-refractivity contribution < 1.29 is 0 Å². The second kappa shape index (κ2) is 6.39. The number of fused-ring (bicyclic) bond motifs is 2. The van der Waals surface area contributed by atoms with E-state index in [0.717, 1.165) is 5.82 Å². The second-order valence-electron chi connectivity index (χ2n) is 7.95. The monoisotopic (exact) mass is 314 g/mol. The van der Waals surface area contributed by atoms with E-state index in [0.29, 0.717) is 24.0 Å². The van der Waals surface area contributed by atoms with Crippen LogP contribution in [-0.2, 0) is 0 Å². The number of likely N-dealkylation sites (tertiary alicyclic amines) is 1. The van der Waals surface area contributed by atoms with Crippen LogP contribution in [0.3, 0.4) is 0 Å². The molecule has 3 aliphatic rings. The molecule has 3 fully saturated rings. The first kappa shape index (κ1) is 15.4. The first-order chi connectivity index (χ1) is 11.2. The van der Waals surface area contributed by atoms with Crippen LogP contribution in [0.2, 0.25) is 0 Å². The minimum Gasteiger partial charge on any atom is -0.348 e. The highest BCUT2D eigenvalue weighted by Gasteiger charge is 2.41. The molecule has 1 aromatic heterocycles. The maximum atomic E-state index is 5.03. The average molecular weight is 314 g/mol. The fourth-order valence-corrected chi connectivity index (χ4v) is 4.80. The summed E-state index contributed by atoms with van der Waals surface area (Å²) in [6.45, 7) is 7.02. The molecule has 1 aromatic rings. The van der Waals surface area contributed by atoms with Gasteiger partial charge in [0, 0.05) is 43.3 Å². The lowest BCUT2D eigenvalue weighted by atomic mass is 9.89. The lowest BCUT2D eigenvalue weighted by molar-refractivity contribution is 0.177. The van der Waals surface area contributed by atoms with Gasteiger partial charge >= 0.3 is 0 Å². The van der Waals surface area contributed by atoms with Crippen molar-refractivity contribution in [2.45, 2.75) is 82.8 Å². The van der Waals surface area contributed by atoms with Gasteiger partial charge in [-0.15, -0.1) is 0 Å². The fraction of sp³-hybridized carbons (Fsp3) is 0.789. The Morgan fingerprint density at radius 3 is 2.35 bits per heavy atom. The van der Waals surface area contributed by atoms with Gasteiger partial charge in [-0.1, -0.05) is 19.3 Å². The number of hydrogen-bond acceptors (Lipinski definition) is 4. The Morgan fingerprint density at radius 2 is 1.70 bits per heavy atom. The molecule has 2 atom stereocenters. The molecule has 2 saturated heterocycles. The topological polar surface area (TPSA) is 32.3 Å². The number of piperazine rings is 1. The Labute approximate surface area is 140 Å². The third-order valence-corrected chi connectivity index (χ3v) is 6.14. The highest BCUT2D eigenvalue weighted by atomic mass is 15.4. The number of hydrogen-bond donors (Lipinski definition) is 0. The molecule has 126 valence electrons. The predicted octanol–water partition coefficient (Wildman–Crippen LogP) is 3.59. The Kier molecular flexibility index (Phi) is 4.27. The van der Waals surface area contributed by atoms with Crippen molar-refractivity contribution in [2.24, 2.45) is 0 Å². The third-order valence-electron chi connectivity index (χ3n) is 6.14. The quantitative estimate of drug-likeness (QED) is 0.853. The maximum absolute atomic E-state index is 5.03. The Morgan fingerprint density at radius 1 is 1.00 bits per heavy atom. The van der Waals surface area contributed by atoms with Crippen LogP contribution in [0, 0.1) is 0 Å². The van der Waals surface area contributed by atoms with E-state index in [1.165, 1.54) is 63.9 Å². The van der Waals surface area contributed by atoms with Gasteiger partial charge in [0.25, 0.3) is 0 Å². The van der Waals surface area contributed by atoms with Crippen molar-refractivity contribution in [2.75, 3.05) is 18.0 Å². The van der Waals surface area contributed by atoms with Gasteiger partial charge in [0.1, 0.15) is 11.6 Å². The van der Waals surface area contributed by atoms with Gasteiger partial charge in [-0.3, -0.25) is 4.90 Å². The van der Waals surface area contributed by atoms with Gasteiger partial charge in [0.15, 0.2) is 0 Å². The summed E-state index contributed by atoms with van der Waals surface area (Å²) in [4.78, 5) is 14.9. The summed E-state index contributed by atoms with van der Waals surface area (Å²) >= 11 is 0. The Bertz CT molecular complexity index is 524. The van der Waals surface area contributed by atoms with Gasteiger partial charge in [-0.25, -0.2) is 9.97 Å². The normalized spacial score (nSPS) is 29.4. The SMILES string of the molecule is CC(C)N1CC2CCC(C1)N2c1ccnc(C2CCCCC2)n1. The molecular weight excluding hydrogens is 284 g/mol. The van der Waals surface area contributed by atoms with Crippen LogP contribution < -0.4 is 4.90 Å². The summed E-state index contributed by atoms with van der Waals surface area (Å²) in [5, 5.41) is 0. The van der Waals surface area contributed by atoms with Crippen molar-refractivity contribution in [3.8, 4) is 0 Å². The van der Waals surface area contributed by atoms with Gasteiger partial charge in [-0.05, 0) is 45.6 Å². The third kappa shape index (κ3) is 2.98. The minimum absolute atomic E-state index is 0.596.